The average molecular weight is 151 g/mol. The zero-order valence-electron chi connectivity index (χ0n) is 6.32. The van der Waals surface area contributed by atoms with Crippen LogP contribution in [0, 0.1) is 0 Å². The number of hydrogen-bond acceptors (Lipinski definition) is 2. The molecule has 0 saturated heterocycles. The molecule has 0 spiro atoms. The number of carbonyl (C=O) groups is 1. The number of likely N-dealkylation sites (N-methyl/N-ethyl adjacent to an activating group) is 1. The predicted molar refractivity (Wildman–Crippen MR) is 39.2 cm³/mol. The van der Waals surface area contributed by atoms with Crippen LogP contribution in [0.3, 0.4) is 0 Å². The van der Waals surface area contributed by atoms with Crippen LogP contribution in [0.5, 0.6) is 0 Å². The molecule has 58 valence electrons. The number of aromatic nitrogens is 2. The normalized spacial score (nSPS) is 16.8. The number of hydrogen-bond donors (Lipinski definition) is 0. The van der Waals surface area contributed by atoms with Gasteiger partial charge in [-0.3, -0.25) is 4.79 Å². The van der Waals surface area contributed by atoms with E-state index in [2.05, 4.69) is 4.98 Å². The predicted octanol–water partition coefficient (Wildman–Crippen LogP) is -0.0313. The maximum atomic E-state index is 11.3. The Morgan fingerprint density at radius 1 is 1.55 bits per heavy atom. The van der Waals surface area contributed by atoms with Crippen LogP contribution in [0.4, 0.5) is 0 Å². The lowest BCUT2D eigenvalue weighted by molar-refractivity contribution is 0.0749. The van der Waals surface area contributed by atoms with Crippen LogP contribution in [-0.2, 0) is 6.54 Å². The molecule has 4 nitrogen and oxygen atoms in total. The molecule has 11 heavy (non-hydrogen) atoms. The van der Waals surface area contributed by atoms with Gasteiger partial charge in [0.05, 0.1) is 12.5 Å². The molecule has 0 aromatic carbocycles. The lowest BCUT2D eigenvalue weighted by atomic mass is 10.3. The second kappa shape index (κ2) is 2.08. The van der Waals surface area contributed by atoms with Gasteiger partial charge in [0.25, 0.3) is 5.91 Å². The van der Waals surface area contributed by atoms with Gasteiger partial charge in [0.1, 0.15) is 5.69 Å². The Morgan fingerprint density at radius 2 is 2.36 bits per heavy atom. The molecule has 4 heteroatoms. The van der Waals surface area contributed by atoms with E-state index in [0.717, 1.165) is 13.1 Å². The van der Waals surface area contributed by atoms with Gasteiger partial charge in [-0.05, 0) is 0 Å². The van der Waals surface area contributed by atoms with Gasteiger partial charge < -0.3 is 9.47 Å². The van der Waals surface area contributed by atoms with E-state index in [4.69, 9.17) is 0 Å². The Morgan fingerprint density at radius 3 is 3.18 bits per heavy atom. The Bertz CT molecular complexity index is 292. The van der Waals surface area contributed by atoms with Gasteiger partial charge >= 0.3 is 0 Å². The summed E-state index contributed by atoms with van der Waals surface area (Å²) in [5.41, 5.74) is 0.693. The molecular formula is C7H9N3O. The summed E-state index contributed by atoms with van der Waals surface area (Å²) in [6, 6.07) is 0. The summed E-state index contributed by atoms with van der Waals surface area (Å²) in [7, 11) is 1.80. The summed E-state index contributed by atoms with van der Waals surface area (Å²) in [5.74, 6) is 0.0637. The molecule has 0 atom stereocenters. The number of carbonyl (C=O) groups excluding carboxylic acids is 1. The van der Waals surface area contributed by atoms with Crippen LogP contribution in [0.1, 0.15) is 10.5 Å². The molecule has 2 rings (SSSR count). The SMILES string of the molecule is CN1CCn2cncc2C1=O. The van der Waals surface area contributed by atoms with Crippen molar-refractivity contribution in [3.05, 3.63) is 18.2 Å². The Balaban J connectivity index is 2.46. The zero-order chi connectivity index (χ0) is 7.84. The number of rotatable bonds is 0. The van der Waals surface area contributed by atoms with Gasteiger partial charge in [-0.25, -0.2) is 4.98 Å². The smallest absolute Gasteiger partial charge is 0.271 e. The van der Waals surface area contributed by atoms with Crippen LogP contribution in [0.15, 0.2) is 12.5 Å². The second-order valence-electron chi connectivity index (χ2n) is 2.70. The van der Waals surface area contributed by atoms with Crippen molar-refractivity contribution in [2.45, 2.75) is 6.54 Å². The molecule has 1 aliphatic rings. The first kappa shape index (κ1) is 6.39. The van der Waals surface area contributed by atoms with E-state index in [1.54, 1.807) is 24.5 Å². The zero-order valence-corrected chi connectivity index (χ0v) is 6.32. The lowest BCUT2D eigenvalue weighted by Crippen LogP contribution is -2.36. The quantitative estimate of drug-likeness (QED) is 0.522. The van der Waals surface area contributed by atoms with Crippen molar-refractivity contribution in [2.24, 2.45) is 0 Å². The molecule has 0 saturated carbocycles. The van der Waals surface area contributed by atoms with Crippen molar-refractivity contribution in [3.8, 4) is 0 Å². The van der Waals surface area contributed by atoms with Crippen molar-refractivity contribution >= 4 is 5.91 Å². The standard InChI is InChI=1S/C7H9N3O/c1-9-2-3-10-5-8-4-6(10)7(9)11/h4-5H,2-3H2,1H3. The fourth-order valence-corrected chi connectivity index (χ4v) is 1.23. The molecule has 1 aromatic rings. The van der Waals surface area contributed by atoms with Crippen LogP contribution < -0.4 is 0 Å². The van der Waals surface area contributed by atoms with Gasteiger partial charge in [-0.2, -0.15) is 0 Å². The summed E-state index contributed by atoms with van der Waals surface area (Å²) < 4.78 is 1.88. The number of imidazole rings is 1. The van der Waals surface area contributed by atoms with Gasteiger partial charge in [0, 0.05) is 20.1 Å². The Hall–Kier alpha value is -1.32. The average Bonchev–Trinajstić information content (AvgIpc) is 2.45. The van der Waals surface area contributed by atoms with Crippen molar-refractivity contribution in [1.82, 2.24) is 14.5 Å². The highest BCUT2D eigenvalue weighted by Crippen LogP contribution is 2.08. The maximum absolute atomic E-state index is 11.3. The highest BCUT2D eigenvalue weighted by Gasteiger charge is 2.20. The van der Waals surface area contributed by atoms with Gasteiger partial charge in [-0.15, -0.1) is 0 Å². The fraction of sp³-hybridized carbons (Fsp3) is 0.429. The number of nitrogens with zero attached hydrogens (tertiary/aromatic N) is 3. The largest absolute Gasteiger partial charge is 0.339 e. The minimum absolute atomic E-state index is 0.0637. The highest BCUT2D eigenvalue weighted by atomic mass is 16.2. The van der Waals surface area contributed by atoms with E-state index < -0.39 is 0 Å². The van der Waals surface area contributed by atoms with Crippen LogP contribution in [0.2, 0.25) is 0 Å². The van der Waals surface area contributed by atoms with E-state index in [1.165, 1.54) is 0 Å². The molecule has 1 aromatic heterocycles. The number of fused-ring (bicyclic) bond motifs is 1. The van der Waals surface area contributed by atoms with Crippen molar-refractivity contribution in [3.63, 3.8) is 0 Å². The van der Waals surface area contributed by atoms with Crippen molar-refractivity contribution in [2.75, 3.05) is 13.6 Å². The third-order valence-corrected chi connectivity index (χ3v) is 1.95. The first-order chi connectivity index (χ1) is 5.29. The molecule has 2 heterocycles. The molecule has 0 bridgehead atoms. The molecular weight excluding hydrogens is 142 g/mol. The Labute approximate surface area is 64.4 Å². The summed E-state index contributed by atoms with van der Waals surface area (Å²) in [5, 5.41) is 0. The lowest BCUT2D eigenvalue weighted by Gasteiger charge is -2.23. The third kappa shape index (κ3) is 0.824. The summed E-state index contributed by atoms with van der Waals surface area (Å²) in [6.45, 7) is 1.64. The minimum Gasteiger partial charge on any atom is -0.339 e. The molecule has 0 N–H and O–H groups in total. The summed E-state index contributed by atoms with van der Waals surface area (Å²) in [4.78, 5) is 17.0. The third-order valence-electron chi connectivity index (χ3n) is 1.95. The highest BCUT2D eigenvalue weighted by molar-refractivity contribution is 5.92. The van der Waals surface area contributed by atoms with E-state index >= 15 is 0 Å². The molecule has 0 unspecified atom stereocenters. The summed E-state index contributed by atoms with van der Waals surface area (Å²) in [6.07, 6.45) is 3.30. The Kier molecular flexibility index (Phi) is 1.21. The van der Waals surface area contributed by atoms with Gasteiger partial charge in [-0.1, -0.05) is 0 Å². The van der Waals surface area contributed by atoms with Gasteiger partial charge in [0.2, 0.25) is 0 Å². The van der Waals surface area contributed by atoms with Gasteiger partial charge in [0.15, 0.2) is 0 Å². The molecule has 1 aliphatic heterocycles. The minimum atomic E-state index is 0.0637. The monoisotopic (exact) mass is 151 g/mol. The molecule has 0 radical (unpaired) electrons. The van der Waals surface area contributed by atoms with Crippen molar-refractivity contribution < 1.29 is 4.79 Å². The van der Waals surface area contributed by atoms with Crippen LogP contribution >= 0.6 is 0 Å². The van der Waals surface area contributed by atoms with E-state index in [-0.39, 0.29) is 5.91 Å². The van der Waals surface area contributed by atoms with E-state index in [9.17, 15) is 4.79 Å². The molecule has 0 fully saturated rings. The molecule has 0 aliphatic carbocycles. The summed E-state index contributed by atoms with van der Waals surface area (Å²) >= 11 is 0. The van der Waals surface area contributed by atoms with E-state index in [0.29, 0.717) is 5.69 Å². The first-order valence-corrected chi connectivity index (χ1v) is 3.54. The topological polar surface area (TPSA) is 38.1 Å². The van der Waals surface area contributed by atoms with E-state index in [1.807, 2.05) is 4.57 Å². The first-order valence-electron chi connectivity index (χ1n) is 3.54. The number of amides is 1. The fourth-order valence-electron chi connectivity index (χ4n) is 1.23. The maximum Gasteiger partial charge on any atom is 0.271 e. The molecule has 1 amide bonds. The second-order valence-corrected chi connectivity index (χ2v) is 2.70. The van der Waals surface area contributed by atoms with Crippen molar-refractivity contribution in [1.29, 1.82) is 0 Å². The van der Waals surface area contributed by atoms with Crippen LogP contribution in [0.25, 0.3) is 0 Å². The van der Waals surface area contributed by atoms with Crippen LogP contribution in [-0.4, -0.2) is 34.0 Å².